The minimum Gasteiger partial charge on any atom is -0.481 e. The van der Waals surface area contributed by atoms with Gasteiger partial charge in [0.05, 0.1) is 7.11 Å². The number of nitrogens with zero attached hydrogens (tertiary/aromatic N) is 2. The van der Waals surface area contributed by atoms with Crippen molar-refractivity contribution in [2.24, 2.45) is 0 Å². The van der Waals surface area contributed by atoms with Crippen molar-refractivity contribution in [3.05, 3.63) is 22.9 Å². The fourth-order valence-corrected chi connectivity index (χ4v) is 1.77. The van der Waals surface area contributed by atoms with Crippen molar-refractivity contribution < 1.29 is 17.0 Å². The molecule has 1 rings (SSSR count). The van der Waals surface area contributed by atoms with Crippen LogP contribution in [0, 0.1) is 13.8 Å². The fraction of sp³-hybridized carbons (Fsp3) is 0.500. The summed E-state index contributed by atoms with van der Waals surface area (Å²) < 4.78 is 39.8. The number of methoxy groups -OCH3 is 1. The Kier molecular flexibility index (Phi) is 4.05. The van der Waals surface area contributed by atoms with Crippen molar-refractivity contribution in [2.45, 2.75) is 20.4 Å². The zero-order valence-corrected chi connectivity index (χ0v) is 11.0. The third-order valence-corrected chi connectivity index (χ3v) is 3.26. The first kappa shape index (κ1) is 13.9. The van der Waals surface area contributed by atoms with Crippen molar-refractivity contribution in [1.29, 1.82) is 0 Å². The van der Waals surface area contributed by atoms with Crippen LogP contribution in [0.15, 0.2) is 6.07 Å². The molecule has 0 saturated heterocycles. The molecule has 0 saturated carbocycles. The molecule has 0 atom stereocenters. The van der Waals surface area contributed by atoms with Gasteiger partial charge in [-0.3, -0.25) is 0 Å². The molecule has 0 unspecified atom stereocenters. The summed E-state index contributed by atoms with van der Waals surface area (Å²) in [4.78, 5) is 4.12. The lowest BCUT2D eigenvalue weighted by molar-refractivity contribution is 0.376. The van der Waals surface area contributed by atoms with E-state index in [1.54, 1.807) is 19.9 Å². The molecule has 0 radical (unpaired) electrons. The summed E-state index contributed by atoms with van der Waals surface area (Å²) in [7, 11) is -2.10. The van der Waals surface area contributed by atoms with E-state index < -0.39 is 10.4 Å². The van der Waals surface area contributed by atoms with Crippen LogP contribution in [0.4, 0.5) is 3.89 Å². The molecular weight excluding hydrogens is 247 g/mol. The van der Waals surface area contributed by atoms with Gasteiger partial charge >= 0.3 is 10.4 Å². The lowest BCUT2D eigenvalue weighted by atomic mass is 10.1. The number of aromatic nitrogens is 1. The van der Waals surface area contributed by atoms with Crippen molar-refractivity contribution in [3.63, 3.8) is 0 Å². The number of aryl methyl sites for hydroxylation is 2. The van der Waals surface area contributed by atoms with Gasteiger partial charge in [-0.05, 0) is 25.5 Å². The summed E-state index contributed by atoms with van der Waals surface area (Å²) in [5.41, 5.74) is 2.13. The molecule has 0 aliphatic carbocycles. The summed E-state index contributed by atoms with van der Waals surface area (Å²) in [6, 6.07) is 1.79. The molecule has 0 N–H and O–H groups in total. The SMILES string of the molecule is COc1nc(C)cc(C)c1CN(C)S(=O)(=O)F. The van der Waals surface area contributed by atoms with Crippen LogP contribution in [-0.2, 0) is 17.0 Å². The third kappa shape index (κ3) is 3.37. The molecule has 96 valence electrons. The van der Waals surface area contributed by atoms with Gasteiger partial charge in [-0.2, -0.15) is 12.7 Å². The number of pyridine rings is 1. The molecule has 0 amide bonds. The van der Waals surface area contributed by atoms with Crippen LogP contribution >= 0.6 is 0 Å². The number of hydrogen-bond donors (Lipinski definition) is 0. The third-order valence-electron chi connectivity index (χ3n) is 2.38. The zero-order chi connectivity index (χ0) is 13.2. The van der Waals surface area contributed by atoms with Gasteiger partial charge in [-0.1, -0.05) is 3.89 Å². The Morgan fingerprint density at radius 3 is 2.53 bits per heavy atom. The van der Waals surface area contributed by atoms with Crippen LogP contribution < -0.4 is 4.74 Å². The molecule has 1 heterocycles. The Balaban J connectivity index is 3.14. The maximum atomic E-state index is 12.8. The highest BCUT2D eigenvalue weighted by molar-refractivity contribution is 7.83. The van der Waals surface area contributed by atoms with Crippen LogP contribution in [0.25, 0.3) is 0 Å². The van der Waals surface area contributed by atoms with E-state index in [2.05, 4.69) is 4.98 Å². The predicted octanol–water partition coefficient (Wildman–Crippen LogP) is 1.35. The average molecular weight is 262 g/mol. The van der Waals surface area contributed by atoms with Crippen LogP contribution in [0.2, 0.25) is 0 Å². The predicted molar refractivity (Wildman–Crippen MR) is 61.8 cm³/mol. The van der Waals surface area contributed by atoms with Gasteiger partial charge in [-0.15, -0.1) is 0 Å². The minimum atomic E-state index is -4.70. The standard InChI is InChI=1S/C10H15FN2O3S/c1-7-5-8(2)12-10(16-4)9(7)6-13(3)17(11,14)15/h5H,6H2,1-4H3. The van der Waals surface area contributed by atoms with Crippen LogP contribution in [0.5, 0.6) is 5.88 Å². The van der Waals surface area contributed by atoms with Gasteiger partial charge in [0.25, 0.3) is 0 Å². The first-order chi connectivity index (χ1) is 7.75. The molecular formula is C10H15FN2O3S. The second-order valence-electron chi connectivity index (χ2n) is 3.77. The Morgan fingerprint density at radius 2 is 2.06 bits per heavy atom. The summed E-state index contributed by atoms with van der Waals surface area (Å²) in [5.74, 6) is 0.318. The zero-order valence-electron chi connectivity index (χ0n) is 10.2. The van der Waals surface area contributed by atoms with E-state index >= 15 is 0 Å². The maximum absolute atomic E-state index is 12.8. The fourth-order valence-electron chi connectivity index (χ4n) is 1.49. The smallest absolute Gasteiger partial charge is 0.374 e. The van der Waals surface area contributed by atoms with E-state index in [4.69, 9.17) is 4.74 Å². The average Bonchev–Trinajstić information content (AvgIpc) is 2.19. The Morgan fingerprint density at radius 1 is 1.47 bits per heavy atom. The summed E-state index contributed by atoms with van der Waals surface area (Å²) in [6.45, 7) is 3.49. The largest absolute Gasteiger partial charge is 0.481 e. The molecule has 17 heavy (non-hydrogen) atoms. The number of hydrogen-bond acceptors (Lipinski definition) is 4. The van der Waals surface area contributed by atoms with Crippen LogP contribution in [0.3, 0.4) is 0 Å². The van der Waals surface area contributed by atoms with Gasteiger partial charge in [0.15, 0.2) is 0 Å². The van der Waals surface area contributed by atoms with Crippen LogP contribution in [0.1, 0.15) is 16.8 Å². The topological polar surface area (TPSA) is 59.5 Å². The minimum absolute atomic E-state index is 0.110. The quantitative estimate of drug-likeness (QED) is 0.769. The Bertz CT molecular complexity index is 517. The molecule has 5 nitrogen and oxygen atoms in total. The number of ether oxygens (including phenoxy) is 1. The summed E-state index contributed by atoms with van der Waals surface area (Å²) in [5, 5.41) is 0. The molecule has 0 spiro atoms. The summed E-state index contributed by atoms with van der Waals surface area (Å²) >= 11 is 0. The highest BCUT2D eigenvalue weighted by Crippen LogP contribution is 2.23. The van der Waals surface area contributed by atoms with E-state index in [0.717, 1.165) is 18.3 Å². The highest BCUT2D eigenvalue weighted by Gasteiger charge is 2.20. The van der Waals surface area contributed by atoms with Gasteiger partial charge < -0.3 is 4.74 Å². The molecule has 0 bridgehead atoms. The number of halogens is 1. The van der Waals surface area contributed by atoms with Crippen molar-refractivity contribution >= 4 is 10.4 Å². The first-order valence-corrected chi connectivity index (χ1v) is 6.26. The molecule has 0 aliphatic rings. The van der Waals surface area contributed by atoms with Crippen molar-refractivity contribution in [3.8, 4) is 5.88 Å². The molecule has 1 aromatic heterocycles. The molecule has 7 heteroatoms. The monoisotopic (exact) mass is 262 g/mol. The van der Waals surface area contributed by atoms with E-state index in [0.29, 0.717) is 15.7 Å². The van der Waals surface area contributed by atoms with Crippen molar-refractivity contribution in [1.82, 2.24) is 9.29 Å². The van der Waals surface area contributed by atoms with Gasteiger partial charge in [0.1, 0.15) is 0 Å². The Labute approximate surface area is 101 Å². The number of rotatable bonds is 4. The van der Waals surface area contributed by atoms with Gasteiger partial charge in [-0.25, -0.2) is 4.98 Å². The second-order valence-corrected chi connectivity index (χ2v) is 5.21. The normalized spacial score (nSPS) is 11.9. The Hall–Kier alpha value is -1.21. The van der Waals surface area contributed by atoms with E-state index in [9.17, 15) is 12.3 Å². The van der Waals surface area contributed by atoms with Crippen molar-refractivity contribution in [2.75, 3.05) is 14.2 Å². The highest BCUT2D eigenvalue weighted by atomic mass is 32.3. The lowest BCUT2D eigenvalue weighted by Gasteiger charge is -2.16. The molecule has 0 aliphatic heterocycles. The van der Waals surface area contributed by atoms with Gasteiger partial charge in [0.2, 0.25) is 5.88 Å². The van der Waals surface area contributed by atoms with E-state index in [-0.39, 0.29) is 6.54 Å². The molecule has 1 aromatic rings. The molecule has 0 fully saturated rings. The maximum Gasteiger partial charge on any atom is 0.374 e. The second kappa shape index (κ2) is 4.97. The van der Waals surface area contributed by atoms with E-state index in [1.165, 1.54) is 7.11 Å². The lowest BCUT2D eigenvalue weighted by Crippen LogP contribution is -2.23. The van der Waals surface area contributed by atoms with Gasteiger partial charge in [0, 0.05) is 24.8 Å². The summed E-state index contributed by atoms with van der Waals surface area (Å²) in [6.07, 6.45) is 0. The van der Waals surface area contributed by atoms with E-state index in [1.807, 2.05) is 0 Å². The molecule has 0 aromatic carbocycles. The van der Waals surface area contributed by atoms with Crippen LogP contribution in [-0.4, -0.2) is 31.9 Å². The first-order valence-electron chi connectivity index (χ1n) is 4.92.